The molecule has 0 bridgehead atoms. The summed E-state index contributed by atoms with van der Waals surface area (Å²) in [6, 6.07) is 7.68. The Morgan fingerprint density at radius 1 is 1.18 bits per heavy atom. The van der Waals surface area contributed by atoms with E-state index >= 15 is 0 Å². The number of hydrogen-bond acceptors (Lipinski definition) is 2. The number of hydrogen-bond donors (Lipinski definition) is 2. The Bertz CT molecular complexity index is 591. The molecule has 4 nitrogen and oxygen atoms in total. The van der Waals surface area contributed by atoms with Crippen LogP contribution in [-0.2, 0) is 16.1 Å². The van der Waals surface area contributed by atoms with E-state index in [1.165, 1.54) is 0 Å². The largest absolute Gasteiger partial charge is 0.352 e. The lowest BCUT2D eigenvalue weighted by Crippen LogP contribution is -2.24. The Morgan fingerprint density at radius 3 is 2.77 bits per heavy atom. The van der Waals surface area contributed by atoms with Crippen molar-refractivity contribution in [3.05, 3.63) is 42.0 Å². The Hall–Kier alpha value is -2.10. The average molecular weight is 298 g/mol. The Balaban J connectivity index is 1.48. The molecule has 1 unspecified atom stereocenters. The van der Waals surface area contributed by atoms with Gasteiger partial charge in [0.15, 0.2) is 0 Å². The molecule has 1 saturated carbocycles. The van der Waals surface area contributed by atoms with Crippen LogP contribution in [0.2, 0.25) is 0 Å². The van der Waals surface area contributed by atoms with Crippen LogP contribution < -0.4 is 10.6 Å². The first-order valence-electron chi connectivity index (χ1n) is 8.04. The molecule has 4 heteroatoms. The van der Waals surface area contributed by atoms with Crippen LogP contribution in [-0.4, -0.2) is 11.8 Å². The zero-order valence-electron chi connectivity index (χ0n) is 12.7. The summed E-state index contributed by atoms with van der Waals surface area (Å²) >= 11 is 0. The first kappa shape index (κ1) is 14.8. The van der Waals surface area contributed by atoms with Crippen molar-refractivity contribution in [1.29, 1.82) is 0 Å². The number of rotatable bonds is 6. The second kappa shape index (κ2) is 6.77. The lowest BCUT2D eigenvalue weighted by atomic mass is 10.1. The molecule has 0 spiro atoms. The summed E-state index contributed by atoms with van der Waals surface area (Å²) in [5.41, 5.74) is 1.81. The first-order chi connectivity index (χ1) is 10.7. The first-order valence-corrected chi connectivity index (χ1v) is 8.04. The van der Waals surface area contributed by atoms with Crippen LogP contribution in [0.1, 0.15) is 37.7 Å². The van der Waals surface area contributed by atoms with Gasteiger partial charge in [-0.1, -0.05) is 24.3 Å². The molecule has 2 N–H and O–H groups in total. The van der Waals surface area contributed by atoms with Crippen LogP contribution >= 0.6 is 0 Å². The molecule has 0 heterocycles. The highest BCUT2D eigenvalue weighted by Crippen LogP contribution is 2.30. The van der Waals surface area contributed by atoms with Gasteiger partial charge < -0.3 is 10.6 Å². The molecule has 2 aliphatic carbocycles. The molecule has 22 heavy (non-hydrogen) atoms. The maximum atomic E-state index is 11.9. The van der Waals surface area contributed by atoms with E-state index < -0.39 is 0 Å². The monoisotopic (exact) mass is 298 g/mol. The molecule has 2 amide bonds. The third-order valence-corrected chi connectivity index (χ3v) is 4.19. The van der Waals surface area contributed by atoms with E-state index in [9.17, 15) is 9.59 Å². The lowest BCUT2D eigenvalue weighted by Gasteiger charge is -2.10. The second-order valence-corrected chi connectivity index (χ2v) is 6.21. The van der Waals surface area contributed by atoms with Crippen LogP contribution in [0, 0.1) is 11.8 Å². The highest BCUT2D eigenvalue weighted by molar-refractivity contribution is 5.94. The van der Waals surface area contributed by atoms with Crippen molar-refractivity contribution in [3.63, 3.8) is 0 Å². The van der Waals surface area contributed by atoms with Gasteiger partial charge in [0.25, 0.3) is 0 Å². The Kier molecular flexibility index (Phi) is 4.56. The van der Waals surface area contributed by atoms with Gasteiger partial charge in [0.1, 0.15) is 0 Å². The standard InChI is InChI=1S/C18H22N2O2/c21-17(11-13-4-1-2-5-13)19-12-14-6-3-7-16(10-14)20-18(22)15-8-9-15/h1,3-4,6-7,10,13,15H,2,5,8-9,11-12H2,(H,19,21)(H,20,22). The van der Waals surface area contributed by atoms with E-state index in [0.717, 1.165) is 36.9 Å². The fourth-order valence-corrected chi connectivity index (χ4v) is 2.73. The van der Waals surface area contributed by atoms with E-state index in [-0.39, 0.29) is 17.7 Å². The van der Waals surface area contributed by atoms with E-state index in [1.807, 2.05) is 24.3 Å². The van der Waals surface area contributed by atoms with Crippen molar-refractivity contribution in [2.45, 2.75) is 38.6 Å². The highest BCUT2D eigenvalue weighted by Gasteiger charge is 2.29. The summed E-state index contributed by atoms with van der Waals surface area (Å²) in [7, 11) is 0. The van der Waals surface area contributed by atoms with Crippen molar-refractivity contribution in [2.75, 3.05) is 5.32 Å². The molecule has 1 aromatic carbocycles. The van der Waals surface area contributed by atoms with Crippen molar-refractivity contribution in [1.82, 2.24) is 5.32 Å². The van der Waals surface area contributed by atoms with E-state index in [0.29, 0.717) is 18.9 Å². The molecule has 0 radical (unpaired) electrons. The molecular formula is C18H22N2O2. The third kappa shape index (κ3) is 4.20. The summed E-state index contributed by atoms with van der Waals surface area (Å²) in [5, 5.41) is 5.89. The number of allylic oxidation sites excluding steroid dienone is 2. The van der Waals surface area contributed by atoms with Crippen LogP contribution in [0.3, 0.4) is 0 Å². The number of anilines is 1. The molecule has 0 aromatic heterocycles. The quantitative estimate of drug-likeness (QED) is 0.793. The molecular weight excluding hydrogens is 276 g/mol. The van der Waals surface area contributed by atoms with Crippen LogP contribution in [0.5, 0.6) is 0 Å². The fraction of sp³-hybridized carbons (Fsp3) is 0.444. The van der Waals surface area contributed by atoms with Gasteiger partial charge in [-0.05, 0) is 49.3 Å². The SMILES string of the molecule is O=C(CC1C=CCC1)NCc1cccc(NC(=O)C2CC2)c1. The summed E-state index contributed by atoms with van der Waals surface area (Å²) in [6.45, 7) is 0.502. The maximum Gasteiger partial charge on any atom is 0.227 e. The van der Waals surface area contributed by atoms with Gasteiger partial charge in [0, 0.05) is 24.6 Å². The number of carbonyl (C=O) groups is 2. The topological polar surface area (TPSA) is 58.2 Å². The number of nitrogens with one attached hydrogen (secondary N) is 2. The number of carbonyl (C=O) groups excluding carboxylic acids is 2. The Morgan fingerprint density at radius 2 is 2.05 bits per heavy atom. The predicted molar refractivity (Wildman–Crippen MR) is 86.1 cm³/mol. The third-order valence-electron chi connectivity index (χ3n) is 4.19. The van der Waals surface area contributed by atoms with Gasteiger partial charge in [0.05, 0.1) is 0 Å². The molecule has 0 aliphatic heterocycles. The van der Waals surface area contributed by atoms with Crippen LogP contribution in [0.4, 0.5) is 5.69 Å². The van der Waals surface area contributed by atoms with Gasteiger partial charge in [-0.3, -0.25) is 9.59 Å². The van der Waals surface area contributed by atoms with Crippen LogP contribution in [0.25, 0.3) is 0 Å². The van der Waals surface area contributed by atoms with E-state index in [2.05, 4.69) is 22.8 Å². The minimum atomic E-state index is 0.0870. The van der Waals surface area contributed by atoms with Gasteiger partial charge in [0.2, 0.25) is 11.8 Å². The van der Waals surface area contributed by atoms with Crippen molar-refractivity contribution in [2.24, 2.45) is 11.8 Å². The zero-order valence-corrected chi connectivity index (χ0v) is 12.7. The molecule has 1 fully saturated rings. The molecule has 1 atom stereocenters. The number of amides is 2. The molecule has 3 rings (SSSR count). The fourth-order valence-electron chi connectivity index (χ4n) is 2.73. The Labute approximate surface area is 131 Å². The summed E-state index contributed by atoms with van der Waals surface area (Å²) in [4.78, 5) is 23.7. The average Bonchev–Trinajstić information content (AvgIpc) is 3.25. The minimum absolute atomic E-state index is 0.0870. The normalized spacial score (nSPS) is 19.9. The van der Waals surface area contributed by atoms with Crippen molar-refractivity contribution < 1.29 is 9.59 Å². The van der Waals surface area contributed by atoms with Crippen LogP contribution in [0.15, 0.2) is 36.4 Å². The van der Waals surface area contributed by atoms with Gasteiger partial charge >= 0.3 is 0 Å². The minimum Gasteiger partial charge on any atom is -0.352 e. The van der Waals surface area contributed by atoms with E-state index in [1.54, 1.807) is 0 Å². The molecule has 1 aromatic rings. The molecule has 0 saturated heterocycles. The van der Waals surface area contributed by atoms with Gasteiger partial charge in [-0.15, -0.1) is 0 Å². The summed E-state index contributed by atoms with van der Waals surface area (Å²) in [5.74, 6) is 0.783. The number of benzene rings is 1. The van der Waals surface area contributed by atoms with Crippen molar-refractivity contribution in [3.8, 4) is 0 Å². The summed E-state index contributed by atoms with van der Waals surface area (Å²) < 4.78 is 0. The van der Waals surface area contributed by atoms with Gasteiger partial charge in [-0.25, -0.2) is 0 Å². The highest BCUT2D eigenvalue weighted by atomic mass is 16.2. The maximum absolute atomic E-state index is 11.9. The predicted octanol–water partition coefficient (Wildman–Crippen LogP) is 3.01. The van der Waals surface area contributed by atoms with E-state index in [4.69, 9.17) is 0 Å². The molecule has 2 aliphatic rings. The molecule has 116 valence electrons. The van der Waals surface area contributed by atoms with Gasteiger partial charge in [-0.2, -0.15) is 0 Å². The zero-order chi connectivity index (χ0) is 15.4. The second-order valence-electron chi connectivity index (χ2n) is 6.21. The van der Waals surface area contributed by atoms with Crippen molar-refractivity contribution >= 4 is 17.5 Å². The lowest BCUT2D eigenvalue weighted by molar-refractivity contribution is -0.122. The summed E-state index contributed by atoms with van der Waals surface area (Å²) in [6.07, 6.45) is 9.00. The smallest absolute Gasteiger partial charge is 0.227 e.